The van der Waals surface area contributed by atoms with Crippen LogP contribution in [0.1, 0.15) is 6.92 Å². The third-order valence-electron chi connectivity index (χ3n) is 2.29. The van der Waals surface area contributed by atoms with Gasteiger partial charge in [0.2, 0.25) is 0 Å². The molecule has 2 rings (SSSR count). The molecule has 0 bridgehead atoms. The van der Waals surface area contributed by atoms with Crippen molar-refractivity contribution in [1.82, 2.24) is 0 Å². The molecular formula is C10H11Cl2NO. The minimum Gasteiger partial charge on any atom is -0.485 e. The smallest absolute Gasteiger partial charge is 0.163 e. The summed E-state index contributed by atoms with van der Waals surface area (Å²) in [6.07, 6.45) is 0.142. The third-order valence-corrected chi connectivity index (χ3v) is 3.08. The van der Waals surface area contributed by atoms with Crippen LogP contribution in [-0.2, 0) is 0 Å². The van der Waals surface area contributed by atoms with E-state index in [2.05, 4.69) is 4.90 Å². The number of fused-ring (bicyclic) bond motifs is 1. The maximum atomic E-state index is 6.06. The maximum absolute atomic E-state index is 6.06. The predicted octanol–water partition coefficient (Wildman–Crippen LogP) is 3.21. The van der Waals surface area contributed by atoms with Gasteiger partial charge in [-0.3, -0.25) is 0 Å². The monoisotopic (exact) mass is 231 g/mol. The number of ether oxygens (including phenoxy) is 1. The zero-order valence-electron chi connectivity index (χ0n) is 8.05. The highest BCUT2D eigenvalue weighted by molar-refractivity contribution is 6.43. The number of hydrogen-bond acceptors (Lipinski definition) is 2. The summed E-state index contributed by atoms with van der Waals surface area (Å²) >= 11 is 12.0. The van der Waals surface area contributed by atoms with Crippen molar-refractivity contribution in [2.75, 3.05) is 18.5 Å². The lowest BCUT2D eigenvalue weighted by Gasteiger charge is -2.32. The SMILES string of the molecule is CC1CN(C)c2ccc(Cl)c(Cl)c2O1. The van der Waals surface area contributed by atoms with Crippen LogP contribution in [0.4, 0.5) is 5.69 Å². The van der Waals surface area contributed by atoms with Gasteiger partial charge in [-0.2, -0.15) is 0 Å². The Labute approximate surface area is 93.4 Å². The first-order chi connectivity index (χ1) is 6.59. The molecule has 14 heavy (non-hydrogen) atoms. The van der Waals surface area contributed by atoms with Crippen molar-refractivity contribution < 1.29 is 4.74 Å². The van der Waals surface area contributed by atoms with Gasteiger partial charge in [0.05, 0.1) is 17.3 Å². The van der Waals surface area contributed by atoms with Crippen LogP contribution in [-0.4, -0.2) is 19.7 Å². The maximum Gasteiger partial charge on any atom is 0.163 e. The van der Waals surface area contributed by atoms with E-state index in [0.29, 0.717) is 15.8 Å². The van der Waals surface area contributed by atoms with E-state index >= 15 is 0 Å². The fourth-order valence-corrected chi connectivity index (χ4v) is 2.01. The fourth-order valence-electron chi connectivity index (χ4n) is 1.66. The Balaban J connectivity index is 2.54. The van der Waals surface area contributed by atoms with Crippen LogP contribution < -0.4 is 9.64 Å². The van der Waals surface area contributed by atoms with E-state index in [9.17, 15) is 0 Å². The summed E-state index contributed by atoms with van der Waals surface area (Å²) in [5.74, 6) is 0.695. The number of nitrogens with zero attached hydrogens (tertiary/aromatic N) is 1. The van der Waals surface area contributed by atoms with Crippen molar-refractivity contribution in [3.8, 4) is 5.75 Å². The largest absolute Gasteiger partial charge is 0.485 e. The molecule has 0 fully saturated rings. The van der Waals surface area contributed by atoms with E-state index in [1.54, 1.807) is 6.07 Å². The lowest BCUT2D eigenvalue weighted by molar-refractivity contribution is 0.215. The van der Waals surface area contributed by atoms with Crippen molar-refractivity contribution in [3.05, 3.63) is 22.2 Å². The molecule has 0 saturated heterocycles. The Morgan fingerprint density at radius 3 is 2.86 bits per heavy atom. The molecule has 1 unspecified atom stereocenters. The van der Waals surface area contributed by atoms with Crippen molar-refractivity contribution >= 4 is 28.9 Å². The van der Waals surface area contributed by atoms with Gasteiger partial charge < -0.3 is 9.64 Å². The number of benzene rings is 1. The molecule has 2 nitrogen and oxygen atoms in total. The number of likely N-dealkylation sites (N-methyl/N-ethyl adjacent to an activating group) is 1. The quantitative estimate of drug-likeness (QED) is 0.680. The average molecular weight is 232 g/mol. The van der Waals surface area contributed by atoms with Gasteiger partial charge in [0.25, 0.3) is 0 Å². The Morgan fingerprint density at radius 2 is 2.14 bits per heavy atom. The van der Waals surface area contributed by atoms with E-state index in [1.807, 2.05) is 20.0 Å². The second-order valence-electron chi connectivity index (χ2n) is 3.52. The summed E-state index contributed by atoms with van der Waals surface area (Å²) in [5.41, 5.74) is 0.998. The van der Waals surface area contributed by atoms with Gasteiger partial charge in [0.1, 0.15) is 11.1 Å². The molecule has 0 saturated carbocycles. The number of halogens is 2. The Bertz CT molecular complexity index is 367. The molecule has 1 atom stereocenters. The van der Waals surface area contributed by atoms with E-state index in [-0.39, 0.29) is 6.10 Å². The molecule has 0 amide bonds. The Hall–Kier alpha value is -0.600. The van der Waals surface area contributed by atoms with Crippen molar-refractivity contribution in [1.29, 1.82) is 0 Å². The third kappa shape index (κ3) is 1.53. The van der Waals surface area contributed by atoms with Gasteiger partial charge in [-0.05, 0) is 19.1 Å². The Kier molecular flexibility index (Phi) is 2.50. The first-order valence-electron chi connectivity index (χ1n) is 4.45. The van der Waals surface area contributed by atoms with Crippen LogP contribution in [0.5, 0.6) is 5.75 Å². The van der Waals surface area contributed by atoms with Crippen LogP contribution in [0, 0.1) is 0 Å². The van der Waals surface area contributed by atoms with Crippen LogP contribution >= 0.6 is 23.2 Å². The van der Waals surface area contributed by atoms with E-state index in [0.717, 1.165) is 12.2 Å². The molecule has 4 heteroatoms. The molecule has 0 radical (unpaired) electrons. The zero-order valence-corrected chi connectivity index (χ0v) is 9.56. The average Bonchev–Trinajstić information content (AvgIpc) is 2.12. The molecule has 1 heterocycles. The van der Waals surface area contributed by atoms with Crippen LogP contribution in [0.15, 0.2) is 12.1 Å². The normalized spacial score (nSPS) is 20.3. The molecule has 0 aliphatic carbocycles. The van der Waals surface area contributed by atoms with Gasteiger partial charge in [0.15, 0.2) is 5.75 Å². The summed E-state index contributed by atoms with van der Waals surface area (Å²) in [4.78, 5) is 2.12. The van der Waals surface area contributed by atoms with Crippen molar-refractivity contribution in [3.63, 3.8) is 0 Å². The minimum atomic E-state index is 0.142. The van der Waals surface area contributed by atoms with Crippen molar-refractivity contribution in [2.45, 2.75) is 13.0 Å². The standard InChI is InChI=1S/C10H11Cl2NO/c1-6-5-13(2)8-4-3-7(11)9(12)10(8)14-6/h3-4,6H,5H2,1-2H3. The lowest BCUT2D eigenvalue weighted by Crippen LogP contribution is -2.35. The summed E-state index contributed by atoms with van der Waals surface area (Å²) in [6.45, 7) is 2.88. The number of anilines is 1. The predicted molar refractivity (Wildman–Crippen MR) is 59.8 cm³/mol. The highest BCUT2D eigenvalue weighted by atomic mass is 35.5. The topological polar surface area (TPSA) is 12.5 Å². The molecule has 0 spiro atoms. The second kappa shape index (κ2) is 3.52. The molecule has 76 valence electrons. The molecule has 0 N–H and O–H groups in total. The fraction of sp³-hybridized carbons (Fsp3) is 0.400. The highest BCUT2D eigenvalue weighted by Gasteiger charge is 2.23. The van der Waals surface area contributed by atoms with Crippen molar-refractivity contribution in [2.24, 2.45) is 0 Å². The van der Waals surface area contributed by atoms with Gasteiger partial charge in [-0.1, -0.05) is 23.2 Å². The van der Waals surface area contributed by atoms with E-state index in [4.69, 9.17) is 27.9 Å². The molecule has 1 aromatic rings. The molecule has 1 aliphatic heterocycles. The first kappa shape index (κ1) is 9.94. The molecule has 0 aromatic heterocycles. The zero-order chi connectivity index (χ0) is 10.3. The summed E-state index contributed by atoms with van der Waals surface area (Å²) in [7, 11) is 2.02. The van der Waals surface area contributed by atoms with Gasteiger partial charge >= 0.3 is 0 Å². The van der Waals surface area contributed by atoms with Gasteiger partial charge in [-0.25, -0.2) is 0 Å². The van der Waals surface area contributed by atoms with Gasteiger partial charge in [-0.15, -0.1) is 0 Å². The van der Waals surface area contributed by atoms with Crippen LogP contribution in [0.25, 0.3) is 0 Å². The second-order valence-corrected chi connectivity index (χ2v) is 4.30. The highest BCUT2D eigenvalue weighted by Crippen LogP contribution is 2.42. The summed E-state index contributed by atoms with van der Waals surface area (Å²) < 4.78 is 5.66. The lowest BCUT2D eigenvalue weighted by atomic mass is 10.2. The Morgan fingerprint density at radius 1 is 1.43 bits per heavy atom. The first-order valence-corrected chi connectivity index (χ1v) is 5.21. The molecule has 1 aromatic carbocycles. The summed E-state index contributed by atoms with van der Waals surface area (Å²) in [5, 5.41) is 1.04. The van der Waals surface area contributed by atoms with E-state index in [1.165, 1.54) is 0 Å². The number of rotatable bonds is 0. The molecule has 1 aliphatic rings. The van der Waals surface area contributed by atoms with Gasteiger partial charge in [0, 0.05) is 7.05 Å². The molecular weight excluding hydrogens is 221 g/mol. The number of hydrogen-bond donors (Lipinski definition) is 0. The van der Waals surface area contributed by atoms with Crippen LogP contribution in [0.3, 0.4) is 0 Å². The minimum absolute atomic E-state index is 0.142. The van der Waals surface area contributed by atoms with E-state index < -0.39 is 0 Å². The van der Waals surface area contributed by atoms with Crippen LogP contribution in [0.2, 0.25) is 10.0 Å². The summed E-state index contributed by atoms with van der Waals surface area (Å²) in [6, 6.07) is 3.72.